The van der Waals surface area contributed by atoms with Crippen LogP contribution in [0.2, 0.25) is 0 Å². The maximum atomic E-state index is 12.1. The highest BCUT2D eigenvalue weighted by atomic mass is 16.2. The van der Waals surface area contributed by atoms with Crippen LogP contribution in [0.25, 0.3) is 0 Å². The maximum absolute atomic E-state index is 12.1. The minimum Gasteiger partial charge on any atom is -0.274 e. The van der Waals surface area contributed by atoms with Gasteiger partial charge in [0.05, 0.1) is 34.2 Å². The molecule has 0 unspecified atom stereocenters. The van der Waals surface area contributed by atoms with Crippen LogP contribution in [0.1, 0.15) is 68.0 Å². The number of hydrogen-bond acceptors (Lipinski definition) is 6. The summed E-state index contributed by atoms with van der Waals surface area (Å²) >= 11 is 0. The standard InChI is InChI=1S/C29H32N4O4/c1-7-29(37)33(22(6)36)25-13-11-23(12-14-25)16-27-18(2)31-28(19(3)30-27)17-24-9-8-10-26(15-24)32(20(4)34)21(5)35/h8-15H,7,16-17H2,1-6H3. The molecule has 1 aromatic heterocycles. The molecule has 3 aromatic rings. The van der Waals surface area contributed by atoms with Crippen molar-refractivity contribution < 1.29 is 19.2 Å². The van der Waals surface area contributed by atoms with Gasteiger partial charge in [-0.3, -0.25) is 38.9 Å². The molecule has 0 spiro atoms. The molecule has 0 radical (unpaired) electrons. The average molecular weight is 501 g/mol. The summed E-state index contributed by atoms with van der Waals surface area (Å²) in [5, 5.41) is 0. The van der Waals surface area contributed by atoms with Gasteiger partial charge in [0, 0.05) is 40.0 Å². The van der Waals surface area contributed by atoms with Crippen molar-refractivity contribution in [2.75, 3.05) is 9.80 Å². The Kier molecular flexibility index (Phi) is 8.65. The Balaban J connectivity index is 1.80. The van der Waals surface area contributed by atoms with E-state index in [-0.39, 0.29) is 30.0 Å². The van der Waals surface area contributed by atoms with Gasteiger partial charge in [0.25, 0.3) is 0 Å². The minimum atomic E-state index is -0.334. The molecule has 0 aliphatic heterocycles. The van der Waals surface area contributed by atoms with E-state index in [2.05, 4.69) is 0 Å². The van der Waals surface area contributed by atoms with E-state index >= 15 is 0 Å². The van der Waals surface area contributed by atoms with Gasteiger partial charge in [-0.1, -0.05) is 31.2 Å². The average Bonchev–Trinajstić information content (AvgIpc) is 2.83. The van der Waals surface area contributed by atoms with Gasteiger partial charge < -0.3 is 0 Å². The first-order valence-corrected chi connectivity index (χ1v) is 12.2. The normalized spacial score (nSPS) is 10.6. The van der Waals surface area contributed by atoms with Crippen LogP contribution >= 0.6 is 0 Å². The molecule has 0 aliphatic carbocycles. The van der Waals surface area contributed by atoms with Gasteiger partial charge in [0.15, 0.2) is 0 Å². The first kappa shape index (κ1) is 27.4. The highest BCUT2D eigenvalue weighted by Gasteiger charge is 2.19. The van der Waals surface area contributed by atoms with E-state index < -0.39 is 0 Å². The number of aromatic nitrogens is 2. The summed E-state index contributed by atoms with van der Waals surface area (Å²) in [5.41, 5.74) is 6.26. The Hall–Kier alpha value is -4.20. The Morgan fingerprint density at radius 1 is 0.676 bits per heavy atom. The summed E-state index contributed by atoms with van der Waals surface area (Å²) in [6, 6.07) is 14.6. The van der Waals surface area contributed by atoms with Gasteiger partial charge in [-0.15, -0.1) is 0 Å². The molecule has 0 fully saturated rings. The van der Waals surface area contributed by atoms with Crippen LogP contribution in [0.4, 0.5) is 11.4 Å². The Bertz CT molecular complexity index is 1330. The molecule has 0 atom stereocenters. The van der Waals surface area contributed by atoms with Crippen molar-refractivity contribution in [3.05, 3.63) is 82.4 Å². The second-order valence-electron chi connectivity index (χ2n) is 8.95. The van der Waals surface area contributed by atoms with E-state index in [0.717, 1.165) is 38.8 Å². The molecule has 2 aromatic carbocycles. The van der Waals surface area contributed by atoms with Crippen molar-refractivity contribution in [2.24, 2.45) is 0 Å². The van der Waals surface area contributed by atoms with Gasteiger partial charge in [-0.25, -0.2) is 0 Å². The third-order valence-electron chi connectivity index (χ3n) is 6.04. The number of carbonyl (C=O) groups excluding carboxylic acids is 4. The number of imide groups is 2. The second kappa shape index (κ2) is 11.7. The third-order valence-corrected chi connectivity index (χ3v) is 6.04. The van der Waals surface area contributed by atoms with E-state index in [1.807, 2.05) is 44.2 Å². The van der Waals surface area contributed by atoms with Gasteiger partial charge in [-0.05, 0) is 49.2 Å². The molecular formula is C29H32N4O4. The van der Waals surface area contributed by atoms with Crippen molar-refractivity contribution in [1.82, 2.24) is 9.97 Å². The Morgan fingerprint density at radius 2 is 1.19 bits per heavy atom. The molecule has 3 rings (SSSR count). The lowest BCUT2D eigenvalue weighted by molar-refractivity contribution is -0.126. The molecular weight excluding hydrogens is 468 g/mol. The molecule has 192 valence electrons. The molecule has 0 aliphatic rings. The molecule has 0 saturated heterocycles. The van der Waals surface area contributed by atoms with E-state index in [1.165, 1.54) is 25.7 Å². The lowest BCUT2D eigenvalue weighted by atomic mass is 10.0. The number of amides is 4. The van der Waals surface area contributed by atoms with Crippen LogP contribution in [0, 0.1) is 13.8 Å². The first-order chi connectivity index (χ1) is 17.5. The summed E-state index contributed by atoms with van der Waals surface area (Å²) < 4.78 is 0. The predicted octanol–water partition coefficient (Wildman–Crippen LogP) is 4.46. The minimum absolute atomic E-state index is 0.242. The summed E-state index contributed by atoms with van der Waals surface area (Å²) in [6.07, 6.45) is 1.32. The lowest BCUT2D eigenvalue weighted by Gasteiger charge is -2.19. The van der Waals surface area contributed by atoms with Crippen molar-refractivity contribution in [2.45, 2.75) is 60.8 Å². The predicted molar refractivity (Wildman–Crippen MR) is 142 cm³/mol. The quantitative estimate of drug-likeness (QED) is 0.475. The van der Waals surface area contributed by atoms with E-state index in [0.29, 0.717) is 24.2 Å². The van der Waals surface area contributed by atoms with Crippen molar-refractivity contribution in [3.63, 3.8) is 0 Å². The Labute approximate surface area is 217 Å². The van der Waals surface area contributed by atoms with Gasteiger partial charge in [-0.2, -0.15) is 0 Å². The topological polar surface area (TPSA) is 101 Å². The lowest BCUT2D eigenvalue weighted by Crippen LogP contribution is -2.34. The molecule has 8 nitrogen and oxygen atoms in total. The first-order valence-electron chi connectivity index (χ1n) is 12.2. The van der Waals surface area contributed by atoms with Crippen molar-refractivity contribution >= 4 is 35.0 Å². The number of carbonyl (C=O) groups is 4. The van der Waals surface area contributed by atoms with Crippen molar-refractivity contribution in [1.29, 1.82) is 0 Å². The molecule has 8 heteroatoms. The fourth-order valence-electron chi connectivity index (χ4n) is 4.23. The maximum Gasteiger partial charge on any atom is 0.233 e. The van der Waals surface area contributed by atoms with Crippen LogP contribution < -0.4 is 9.80 Å². The van der Waals surface area contributed by atoms with Crippen LogP contribution in [0.15, 0.2) is 48.5 Å². The van der Waals surface area contributed by atoms with Crippen LogP contribution in [-0.4, -0.2) is 33.6 Å². The van der Waals surface area contributed by atoms with Gasteiger partial charge >= 0.3 is 0 Å². The van der Waals surface area contributed by atoms with Gasteiger partial charge in [0.1, 0.15) is 0 Å². The smallest absolute Gasteiger partial charge is 0.233 e. The number of anilines is 2. The zero-order chi connectivity index (χ0) is 27.3. The second-order valence-corrected chi connectivity index (χ2v) is 8.95. The van der Waals surface area contributed by atoms with Gasteiger partial charge in [0.2, 0.25) is 23.6 Å². The van der Waals surface area contributed by atoms with Crippen LogP contribution in [-0.2, 0) is 32.0 Å². The highest BCUT2D eigenvalue weighted by Crippen LogP contribution is 2.22. The van der Waals surface area contributed by atoms with Crippen LogP contribution in [0.3, 0.4) is 0 Å². The number of nitrogens with zero attached hydrogens (tertiary/aromatic N) is 4. The number of hydrogen-bond donors (Lipinski definition) is 0. The third kappa shape index (κ3) is 6.52. The summed E-state index contributed by atoms with van der Waals surface area (Å²) in [6.45, 7) is 9.66. The summed E-state index contributed by atoms with van der Waals surface area (Å²) in [5.74, 6) is -1.22. The van der Waals surface area contributed by atoms with E-state index in [4.69, 9.17) is 9.97 Å². The number of rotatable bonds is 7. The summed E-state index contributed by atoms with van der Waals surface area (Å²) in [7, 11) is 0. The molecule has 0 bridgehead atoms. The zero-order valence-electron chi connectivity index (χ0n) is 22.2. The molecule has 1 heterocycles. The molecule has 0 N–H and O–H groups in total. The zero-order valence-corrected chi connectivity index (χ0v) is 22.2. The number of aryl methyl sites for hydroxylation is 2. The number of benzene rings is 2. The highest BCUT2D eigenvalue weighted by molar-refractivity contribution is 6.14. The summed E-state index contributed by atoms with van der Waals surface area (Å²) in [4.78, 5) is 59.9. The van der Waals surface area contributed by atoms with E-state index in [1.54, 1.807) is 25.1 Å². The molecule has 37 heavy (non-hydrogen) atoms. The largest absolute Gasteiger partial charge is 0.274 e. The monoisotopic (exact) mass is 500 g/mol. The Morgan fingerprint density at radius 3 is 1.68 bits per heavy atom. The van der Waals surface area contributed by atoms with E-state index in [9.17, 15) is 19.2 Å². The fourth-order valence-corrected chi connectivity index (χ4v) is 4.23. The molecule has 4 amide bonds. The van der Waals surface area contributed by atoms with Crippen LogP contribution in [0.5, 0.6) is 0 Å². The SMILES string of the molecule is CCC(=O)N(C(C)=O)c1ccc(Cc2nc(C)c(Cc3cccc(N(C(C)=O)C(C)=O)c3)nc2C)cc1. The molecule has 0 saturated carbocycles. The fraction of sp³-hybridized carbons (Fsp3) is 0.310. The van der Waals surface area contributed by atoms with Crippen molar-refractivity contribution in [3.8, 4) is 0 Å².